The van der Waals surface area contributed by atoms with E-state index in [-0.39, 0.29) is 5.54 Å². The summed E-state index contributed by atoms with van der Waals surface area (Å²) >= 11 is 0. The van der Waals surface area contributed by atoms with Crippen LogP contribution in [-0.2, 0) is 0 Å². The molecule has 0 amide bonds. The molecule has 3 nitrogen and oxygen atoms in total. The van der Waals surface area contributed by atoms with Gasteiger partial charge in [-0.05, 0) is 64.9 Å². The Bertz CT molecular complexity index is 394. The average molecular weight is 247 g/mol. The summed E-state index contributed by atoms with van der Waals surface area (Å²) in [6.45, 7) is 9.20. The van der Waals surface area contributed by atoms with Crippen LogP contribution in [0.2, 0.25) is 0 Å². The highest BCUT2D eigenvalue weighted by molar-refractivity contribution is 5.23. The molecular weight excluding hydrogens is 222 g/mol. The lowest BCUT2D eigenvalue weighted by molar-refractivity contribution is 0.110. The van der Waals surface area contributed by atoms with Gasteiger partial charge in [0.2, 0.25) is 0 Å². The second kappa shape index (κ2) is 5.37. The summed E-state index contributed by atoms with van der Waals surface area (Å²) in [5, 5.41) is 3.48. The summed E-state index contributed by atoms with van der Waals surface area (Å²) in [5.41, 5.74) is 2.64. The van der Waals surface area contributed by atoms with Crippen LogP contribution < -0.4 is 5.32 Å². The number of likely N-dealkylation sites (tertiary alicyclic amines) is 1. The highest BCUT2D eigenvalue weighted by atomic mass is 15.2. The third-order valence-electron chi connectivity index (χ3n) is 4.15. The maximum Gasteiger partial charge on any atom is 0.0514 e. The molecule has 1 fully saturated rings. The van der Waals surface area contributed by atoms with Crippen molar-refractivity contribution in [1.82, 2.24) is 15.2 Å². The number of hydrogen-bond acceptors (Lipinski definition) is 3. The number of pyridine rings is 1. The van der Waals surface area contributed by atoms with Crippen molar-refractivity contribution in [3.63, 3.8) is 0 Å². The molecule has 1 aromatic rings. The number of nitrogens with one attached hydrogen (secondary N) is 1. The minimum atomic E-state index is 0.126. The lowest BCUT2D eigenvalue weighted by Gasteiger charge is -2.42. The zero-order valence-electron chi connectivity index (χ0n) is 12.0. The standard InChI is InChI=1S/C15H25N3/c1-12-9-13(11-17-10-12)14(16-4)15(2,3)18-7-5-6-8-18/h9-11,14,16H,5-8H2,1-4H3. The molecule has 2 rings (SSSR count). The first-order valence-electron chi connectivity index (χ1n) is 6.89. The number of aryl methyl sites for hydroxylation is 1. The van der Waals surface area contributed by atoms with Crippen LogP contribution >= 0.6 is 0 Å². The van der Waals surface area contributed by atoms with Gasteiger partial charge < -0.3 is 5.32 Å². The van der Waals surface area contributed by atoms with Crippen molar-refractivity contribution >= 4 is 0 Å². The second-order valence-electron chi connectivity index (χ2n) is 5.87. The minimum absolute atomic E-state index is 0.126. The van der Waals surface area contributed by atoms with E-state index in [1.54, 1.807) is 0 Å². The van der Waals surface area contributed by atoms with Crippen molar-refractivity contribution < 1.29 is 0 Å². The Labute approximate surface area is 111 Å². The summed E-state index contributed by atoms with van der Waals surface area (Å²) in [6, 6.07) is 2.56. The molecule has 3 heteroatoms. The summed E-state index contributed by atoms with van der Waals surface area (Å²) in [4.78, 5) is 6.93. The van der Waals surface area contributed by atoms with E-state index in [9.17, 15) is 0 Å². The second-order valence-corrected chi connectivity index (χ2v) is 5.87. The van der Waals surface area contributed by atoms with Crippen LogP contribution in [-0.4, -0.2) is 35.6 Å². The molecule has 18 heavy (non-hydrogen) atoms. The van der Waals surface area contributed by atoms with Crippen LogP contribution in [0.4, 0.5) is 0 Å². The third kappa shape index (κ3) is 2.57. The first-order chi connectivity index (χ1) is 8.55. The molecule has 1 aromatic heterocycles. The minimum Gasteiger partial charge on any atom is -0.311 e. The van der Waals surface area contributed by atoms with E-state index in [1.165, 1.54) is 37.1 Å². The Morgan fingerprint density at radius 1 is 1.28 bits per heavy atom. The largest absolute Gasteiger partial charge is 0.311 e. The molecule has 2 heterocycles. The maximum atomic E-state index is 4.33. The highest BCUT2D eigenvalue weighted by Crippen LogP contribution is 2.33. The van der Waals surface area contributed by atoms with E-state index in [1.807, 2.05) is 19.4 Å². The fourth-order valence-corrected chi connectivity index (χ4v) is 3.14. The average Bonchev–Trinajstić information content (AvgIpc) is 2.83. The molecule has 0 spiro atoms. The predicted molar refractivity (Wildman–Crippen MR) is 75.7 cm³/mol. The molecule has 100 valence electrons. The molecule has 0 bridgehead atoms. The van der Waals surface area contributed by atoms with Gasteiger partial charge in [-0.3, -0.25) is 9.88 Å². The Hall–Kier alpha value is -0.930. The van der Waals surface area contributed by atoms with Gasteiger partial charge in [0.05, 0.1) is 6.04 Å². The van der Waals surface area contributed by atoms with E-state index in [0.717, 1.165) is 0 Å². The molecule has 1 atom stereocenters. The van der Waals surface area contributed by atoms with E-state index < -0.39 is 0 Å². The SMILES string of the molecule is CNC(c1cncc(C)c1)C(C)(C)N1CCCC1. The zero-order valence-corrected chi connectivity index (χ0v) is 12.0. The van der Waals surface area contributed by atoms with Gasteiger partial charge in [-0.25, -0.2) is 0 Å². The van der Waals surface area contributed by atoms with Crippen LogP contribution in [0, 0.1) is 6.92 Å². The Morgan fingerprint density at radius 2 is 1.94 bits per heavy atom. The summed E-state index contributed by atoms with van der Waals surface area (Å²) < 4.78 is 0. The van der Waals surface area contributed by atoms with Gasteiger partial charge in [-0.2, -0.15) is 0 Å². The number of rotatable bonds is 4. The smallest absolute Gasteiger partial charge is 0.0514 e. The summed E-state index contributed by atoms with van der Waals surface area (Å²) in [6.07, 6.45) is 6.56. The maximum absolute atomic E-state index is 4.33. The van der Waals surface area contributed by atoms with E-state index >= 15 is 0 Å². The van der Waals surface area contributed by atoms with Gasteiger partial charge in [0.1, 0.15) is 0 Å². The summed E-state index contributed by atoms with van der Waals surface area (Å²) in [7, 11) is 2.05. The molecule has 1 saturated heterocycles. The van der Waals surface area contributed by atoms with E-state index in [4.69, 9.17) is 0 Å². The van der Waals surface area contributed by atoms with Crippen molar-refractivity contribution in [1.29, 1.82) is 0 Å². The topological polar surface area (TPSA) is 28.2 Å². The molecule has 1 unspecified atom stereocenters. The van der Waals surface area contributed by atoms with Gasteiger partial charge in [0.15, 0.2) is 0 Å². The molecular formula is C15H25N3. The molecule has 0 aromatic carbocycles. The van der Waals surface area contributed by atoms with Gasteiger partial charge >= 0.3 is 0 Å². The third-order valence-corrected chi connectivity index (χ3v) is 4.15. The van der Waals surface area contributed by atoms with Crippen LogP contribution in [0.5, 0.6) is 0 Å². The Kier molecular flexibility index (Phi) is 4.03. The quantitative estimate of drug-likeness (QED) is 0.886. The number of hydrogen-bond donors (Lipinski definition) is 1. The lowest BCUT2D eigenvalue weighted by Crippen LogP contribution is -2.50. The van der Waals surface area contributed by atoms with Crippen molar-refractivity contribution in [3.05, 3.63) is 29.6 Å². The fourth-order valence-electron chi connectivity index (χ4n) is 3.14. The molecule has 0 radical (unpaired) electrons. The first-order valence-corrected chi connectivity index (χ1v) is 6.89. The van der Waals surface area contributed by atoms with E-state index in [2.05, 4.69) is 42.0 Å². The van der Waals surface area contributed by atoms with Crippen molar-refractivity contribution in [2.75, 3.05) is 20.1 Å². The highest BCUT2D eigenvalue weighted by Gasteiger charge is 2.36. The normalized spacial score (nSPS) is 19.1. The monoisotopic (exact) mass is 247 g/mol. The number of aromatic nitrogens is 1. The van der Waals surface area contributed by atoms with Crippen LogP contribution in [0.3, 0.4) is 0 Å². The Morgan fingerprint density at radius 3 is 2.50 bits per heavy atom. The number of likely N-dealkylation sites (N-methyl/N-ethyl adjacent to an activating group) is 1. The van der Waals surface area contributed by atoms with Gasteiger partial charge in [-0.15, -0.1) is 0 Å². The zero-order chi connectivity index (χ0) is 13.2. The van der Waals surface area contributed by atoms with Gasteiger partial charge in [0, 0.05) is 17.9 Å². The molecule has 1 aliphatic heterocycles. The van der Waals surface area contributed by atoms with Crippen molar-refractivity contribution in [2.24, 2.45) is 0 Å². The molecule has 0 aliphatic carbocycles. The van der Waals surface area contributed by atoms with Crippen LogP contribution in [0.15, 0.2) is 18.5 Å². The first kappa shape index (κ1) is 13.5. The molecule has 0 saturated carbocycles. The lowest BCUT2D eigenvalue weighted by atomic mass is 9.87. The Balaban J connectivity index is 2.26. The summed E-state index contributed by atoms with van der Waals surface area (Å²) in [5.74, 6) is 0. The predicted octanol–water partition coefficient (Wildman–Crippen LogP) is 2.52. The van der Waals surface area contributed by atoms with Gasteiger partial charge in [0.25, 0.3) is 0 Å². The molecule has 1 aliphatic rings. The van der Waals surface area contributed by atoms with Crippen LogP contribution in [0.1, 0.15) is 43.9 Å². The van der Waals surface area contributed by atoms with Gasteiger partial charge in [-0.1, -0.05) is 6.07 Å². The van der Waals surface area contributed by atoms with E-state index in [0.29, 0.717) is 6.04 Å². The fraction of sp³-hybridized carbons (Fsp3) is 0.667. The van der Waals surface area contributed by atoms with Crippen LogP contribution in [0.25, 0.3) is 0 Å². The van der Waals surface area contributed by atoms with Crippen molar-refractivity contribution in [2.45, 2.75) is 45.2 Å². The number of nitrogens with zero attached hydrogens (tertiary/aromatic N) is 2. The van der Waals surface area contributed by atoms with Crippen molar-refractivity contribution in [3.8, 4) is 0 Å². The molecule has 1 N–H and O–H groups in total.